The summed E-state index contributed by atoms with van der Waals surface area (Å²) in [5.74, 6) is 0. The van der Waals surface area contributed by atoms with E-state index in [9.17, 15) is 0 Å². The smallest absolute Gasteiger partial charge is 0.0724 e. The molecule has 0 spiro atoms. The minimum absolute atomic E-state index is 0.0457. The molecule has 0 fully saturated rings. The summed E-state index contributed by atoms with van der Waals surface area (Å²) in [6.07, 6.45) is -0.125. The standard InChI is InChI=1S/C11H17NO2/c1-9(11(12)7-13)14-8-10-5-3-2-4-6-10/h2-6,9,11,13H,7-8,12H2,1H3. The normalized spacial score (nSPS) is 15.1. The number of hydrogen-bond acceptors (Lipinski definition) is 3. The van der Waals surface area contributed by atoms with Crippen molar-refractivity contribution in [3.05, 3.63) is 35.9 Å². The van der Waals surface area contributed by atoms with E-state index in [-0.39, 0.29) is 18.8 Å². The van der Waals surface area contributed by atoms with E-state index in [0.717, 1.165) is 5.56 Å². The molecule has 0 radical (unpaired) electrons. The number of aliphatic hydroxyl groups is 1. The van der Waals surface area contributed by atoms with E-state index in [1.54, 1.807) is 0 Å². The van der Waals surface area contributed by atoms with Crippen LogP contribution in [0.4, 0.5) is 0 Å². The Morgan fingerprint density at radius 1 is 1.36 bits per heavy atom. The lowest BCUT2D eigenvalue weighted by Crippen LogP contribution is -2.37. The summed E-state index contributed by atoms with van der Waals surface area (Å²) in [5.41, 5.74) is 6.72. The molecular formula is C11H17NO2. The Bertz CT molecular complexity index is 251. The van der Waals surface area contributed by atoms with Crippen molar-refractivity contribution in [2.24, 2.45) is 5.73 Å². The fourth-order valence-electron chi connectivity index (χ4n) is 1.07. The maximum absolute atomic E-state index is 8.80. The Balaban J connectivity index is 2.34. The summed E-state index contributed by atoms with van der Waals surface area (Å²) in [6.45, 7) is 2.36. The van der Waals surface area contributed by atoms with Crippen LogP contribution in [0.1, 0.15) is 12.5 Å². The van der Waals surface area contributed by atoms with Gasteiger partial charge >= 0.3 is 0 Å². The summed E-state index contributed by atoms with van der Waals surface area (Å²) in [6, 6.07) is 9.59. The highest BCUT2D eigenvalue weighted by molar-refractivity contribution is 5.13. The van der Waals surface area contributed by atoms with Crippen LogP contribution >= 0.6 is 0 Å². The summed E-state index contributed by atoms with van der Waals surface area (Å²) in [7, 11) is 0. The third-order valence-corrected chi connectivity index (χ3v) is 2.17. The predicted molar refractivity (Wildman–Crippen MR) is 55.8 cm³/mol. The highest BCUT2D eigenvalue weighted by Gasteiger charge is 2.11. The number of aliphatic hydroxyl groups excluding tert-OH is 1. The molecule has 2 unspecified atom stereocenters. The van der Waals surface area contributed by atoms with Gasteiger partial charge in [-0.15, -0.1) is 0 Å². The van der Waals surface area contributed by atoms with Crippen LogP contribution in [0.25, 0.3) is 0 Å². The van der Waals surface area contributed by atoms with Crippen molar-refractivity contribution in [3.63, 3.8) is 0 Å². The van der Waals surface area contributed by atoms with Crippen molar-refractivity contribution in [3.8, 4) is 0 Å². The molecule has 0 saturated heterocycles. The molecule has 0 heterocycles. The number of ether oxygens (including phenoxy) is 1. The van der Waals surface area contributed by atoms with Gasteiger partial charge < -0.3 is 15.6 Å². The van der Waals surface area contributed by atoms with Crippen LogP contribution in [0.3, 0.4) is 0 Å². The molecule has 2 atom stereocenters. The fraction of sp³-hybridized carbons (Fsp3) is 0.455. The van der Waals surface area contributed by atoms with Crippen LogP contribution in [0.15, 0.2) is 30.3 Å². The van der Waals surface area contributed by atoms with Crippen LogP contribution in [0.5, 0.6) is 0 Å². The minimum Gasteiger partial charge on any atom is -0.395 e. The Kier molecular flexibility index (Phi) is 4.59. The van der Waals surface area contributed by atoms with Gasteiger partial charge in [-0.1, -0.05) is 30.3 Å². The van der Waals surface area contributed by atoms with Gasteiger partial charge in [0.05, 0.1) is 25.4 Å². The molecule has 0 aliphatic carbocycles. The number of nitrogens with two attached hydrogens (primary N) is 1. The van der Waals surface area contributed by atoms with E-state index in [2.05, 4.69) is 0 Å². The summed E-state index contributed by atoms with van der Waals surface area (Å²) < 4.78 is 5.50. The second kappa shape index (κ2) is 5.75. The summed E-state index contributed by atoms with van der Waals surface area (Å²) in [5, 5.41) is 8.80. The average molecular weight is 195 g/mol. The van der Waals surface area contributed by atoms with Crippen molar-refractivity contribution in [2.45, 2.75) is 25.7 Å². The lowest BCUT2D eigenvalue weighted by atomic mass is 10.2. The molecule has 0 aliphatic rings. The molecule has 3 heteroatoms. The number of hydrogen-bond donors (Lipinski definition) is 2. The van der Waals surface area contributed by atoms with Gasteiger partial charge in [-0.3, -0.25) is 0 Å². The van der Waals surface area contributed by atoms with Crippen LogP contribution in [-0.2, 0) is 11.3 Å². The van der Waals surface area contributed by atoms with Crippen molar-refractivity contribution >= 4 is 0 Å². The zero-order valence-corrected chi connectivity index (χ0v) is 8.39. The van der Waals surface area contributed by atoms with E-state index >= 15 is 0 Å². The lowest BCUT2D eigenvalue weighted by Gasteiger charge is -2.18. The third kappa shape index (κ3) is 3.46. The second-order valence-corrected chi connectivity index (χ2v) is 3.35. The SMILES string of the molecule is CC(OCc1ccccc1)C(N)CO. The summed E-state index contributed by atoms with van der Waals surface area (Å²) in [4.78, 5) is 0. The largest absolute Gasteiger partial charge is 0.395 e. The van der Waals surface area contributed by atoms with E-state index in [4.69, 9.17) is 15.6 Å². The molecule has 0 aromatic heterocycles. The van der Waals surface area contributed by atoms with Crippen LogP contribution in [0, 0.1) is 0 Å². The first-order chi connectivity index (χ1) is 6.74. The van der Waals surface area contributed by atoms with Gasteiger partial charge in [0.2, 0.25) is 0 Å². The Morgan fingerprint density at radius 3 is 2.57 bits per heavy atom. The molecule has 3 nitrogen and oxygen atoms in total. The molecule has 14 heavy (non-hydrogen) atoms. The summed E-state index contributed by atoms with van der Waals surface area (Å²) >= 11 is 0. The van der Waals surface area contributed by atoms with Gasteiger partial charge in [0.15, 0.2) is 0 Å². The maximum Gasteiger partial charge on any atom is 0.0724 e. The van der Waals surface area contributed by atoms with Gasteiger partial charge in [0, 0.05) is 0 Å². The number of rotatable bonds is 5. The molecule has 1 rings (SSSR count). The molecule has 0 aliphatic heterocycles. The fourth-order valence-corrected chi connectivity index (χ4v) is 1.07. The zero-order valence-electron chi connectivity index (χ0n) is 8.39. The predicted octanol–water partition coefficient (Wildman–Crippen LogP) is 0.911. The van der Waals surface area contributed by atoms with Gasteiger partial charge in [-0.25, -0.2) is 0 Å². The van der Waals surface area contributed by atoms with Gasteiger partial charge in [-0.2, -0.15) is 0 Å². The third-order valence-electron chi connectivity index (χ3n) is 2.17. The highest BCUT2D eigenvalue weighted by Crippen LogP contribution is 2.04. The topological polar surface area (TPSA) is 55.5 Å². The Labute approximate surface area is 84.5 Å². The van der Waals surface area contributed by atoms with E-state index in [1.807, 2.05) is 37.3 Å². The molecule has 78 valence electrons. The van der Waals surface area contributed by atoms with Gasteiger partial charge in [-0.05, 0) is 12.5 Å². The Hall–Kier alpha value is -0.900. The Morgan fingerprint density at radius 2 is 2.00 bits per heavy atom. The first-order valence-electron chi connectivity index (χ1n) is 4.76. The highest BCUT2D eigenvalue weighted by atomic mass is 16.5. The van der Waals surface area contributed by atoms with E-state index in [0.29, 0.717) is 6.61 Å². The van der Waals surface area contributed by atoms with E-state index in [1.165, 1.54) is 0 Å². The van der Waals surface area contributed by atoms with Gasteiger partial charge in [0.25, 0.3) is 0 Å². The second-order valence-electron chi connectivity index (χ2n) is 3.35. The maximum atomic E-state index is 8.80. The molecular weight excluding hydrogens is 178 g/mol. The zero-order chi connectivity index (χ0) is 10.4. The molecule has 0 saturated carbocycles. The van der Waals surface area contributed by atoms with Gasteiger partial charge in [0.1, 0.15) is 0 Å². The molecule has 0 amide bonds. The molecule has 1 aromatic rings. The molecule has 3 N–H and O–H groups in total. The van der Waals surface area contributed by atoms with Crippen molar-refractivity contribution < 1.29 is 9.84 Å². The van der Waals surface area contributed by atoms with Crippen molar-refractivity contribution in [1.29, 1.82) is 0 Å². The van der Waals surface area contributed by atoms with Crippen LogP contribution < -0.4 is 5.73 Å². The molecule has 1 aromatic carbocycles. The van der Waals surface area contributed by atoms with Crippen LogP contribution in [-0.4, -0.2) is 23.9 Å². The van der Waals surface area contributed by atoms with Crippen LogP contribution in [0.2, 0.25) is 0 Å². The number of benzene rings is 1. The quantitative estimate of drug-likeness (QED) is 0.734. The molecule has 0 bridgehead atoms. The van der Waals surface area contributed by atoms with Crippen molar-refractivity contribution in [1.82, 2.24) is 0 Å². The van der Waals surface area contributed by atoms with Crippen molar-refractivity contribution in [2.75, 3.05) is 6.61 Å². The first-order valence-corrected chi connectivity index (χ1v) is 4.76. The first kappa shape index (κ1) is 11.2. The lowest BCUT2D eigenvalue weighted by molar-refractivity contribution is 0.0224. The average Bonchev–Trinajstić information content (AvgIpc) is 2.26. The van der Waals surface area contributed by atoms with E-state index < -0.39 is 0 Å². The monoisotopic (exact) mass is 195 g/mol. The minimum atomic E-state index is -0.307.